The molecule has 0 radical (unpaired) electrons. The molecule has 0 unspecified atom stereocenters. The van der Waals surface area contributed by atoms with E-state index in [0.29, 0.717) is 17.5 Å². The Morgan fingerprint density at radius 1 is 1.11 bits per heavy atom. The largest absolute Gasteiger partial charge is 0.463 e. The van der Waals surface area contributed by atoms with Crippen molar-refractivity contribution in [3.8, 4) is 11.4 Å². The van der Waals surface area contributed by atoms with Gasteiger partial charge in [0.1, 0.15) is 17.2 Å². The summed E-state index contributed by atoms with van der Waals surface area (Å²) in [5.41, 5.74) is 2.40. The van der Waals surface area contributed by atoms with Crippen LogP contribution in [0.15, 0.2) is 97.8 Å². The first kappa shape index (κ1) is 18.1. The Labute approximate surface area is 158 Å². The number of hydrogen-bond donors (Lipinski definition) is 1. The molecule has 2 aromatic heterocycles. The molecule has 3 rings (SSSR count). The van der Waals surface area contributed by atoms with Gasteiger partial charge in [0, 0.05) is 17.8 Å². The first-order valence-corrected chi connectivity index (χ1v) is 8.45. The molecule has 3 aromatic rings. The number of hydrogen-bond acceptors (Lipinski definition) is 5. The van der Waals surface area contributed by atoms with Gasteiger partial charge in [-0.25, -0.2) is 9.97 Å². The van der Waals surface area contributed by atoms with Crippen molar-refractivity contribution in [1.82, 2.24) is 15.0 Å². The van der Waals surface area contributed by atoms with Gasteiger partial charge in [0.05, 0.1) is 11.2 Å². The molecule has 0 atom stereocenters. The smallest absolute Gasteiger partial charge is 0.227 e. The molecular formula is C22H20N4O. The highest BCUT2D eigenvalue weighted by molar-refractivity contribution is 5.92. The lowest BCUT2D eigenvalue weighted by molar-refractivity contribution is 0.324. The molecule has 0 amide bonds. The van der Waals surface area contributed by atoms with E-state index in [2.05, 4.69) is 33.4 Å². The number of ether oxygens (including phenoxy) is 1. The molecule has 1 aromatic carbocycles. The van der Waals surface area contributed by atoms with Gasteiger partial charge in [0.2, 0.25) is 5.95 Å². The van der Waals surface area contributed by atoms with Gasteiger partial charge in [-0.3, -0.25) is 4.98 Å². The van der Waals surface area contributed by atoms with Crippen LogP contribution in [0.5, 0.6) is 0 Å². The number of para-hydroxylation sites is 1. The second kappa shape index (κ2) is 8.58. The summed E-state index contributed by atoms with van der Waals surface area (Å²) in [6, 6.07) is 13.6. The molecule has 0 saturated heterocycles. The maximum atomic E-state index is 5.51. The van der Waals surface area contributed by atoms with Crippen LogP contribution in [0.2, 0.25) is 0 Å². The summed E-state index contributed by atoms with van der Waals surface area (Å²) < 4.78 is 5.51. The summed E-state index contributed by atoms with van der Waals surface area (Å²) in [7, 11) is 0. The molecule has 0 aliphatic rings. The molecular weight excluding hydrogens is 336 g/mol. The maximum Gasteiger partial charge on any atom is 0.227 e. The van der Waals surface area contributed by atoms with E-state index in [0.717, 1.165) is 22.3 Å². The van der Waals surface area contributed by atoms with Gasteiger partial charge in [-0.1, -0.05) is 43.5 Å². The summed E-state index contributed by atoms with van der Waals surface area (Å²) in [5.74, 6) is 1.67. The average molecular weight is 356 g/mol. The van der Waals surface area contributed by atoms with Crippen LogP contribution in [0.4, 0.5) is 5.95 Å². The molecule has 1 N–H and O–H groups in total. The third-order valence-corrected chi connectivity index (χ3v) is 3.64. The zero-order valence-electron chi connectivity index (χ0n) is 15.1. The fourth-order valence-electron chi connectivity index (χ4n) is 2.49. The lowest BCUT2D eigenvalue weighted by Crippen LogP contribution is -1.99. The fraction of sp³-hybridized carbons (Fsp3) is 0.0455. The van der Waals surface area contributed by atoms with Crippen LogP contribution in [0.25, 0.3) is 22.3 Å². The van der Waals surface area contributed by atoms with Crippen molar-refractivity contribution in [2.45, 2.75) is 6.92 Å². The maximum absolute atomic E-state index is 5.51. The van der Waals surface area contributed by atoms with E-state index in [1.54, 1.807) is 30.6 Å². The van der Waals surface area contributed by atoms with Crippen LogP contribution >= 0.6 is 0 Å². The zero-order chi connectivity index (χ0) is 19.1. The molecule has 0 aliphatic carbocycles. The Hall–Kier alpha value is -3.73. The minimum atomic E-state index is 0.469. The van der Waals surface area contributed by atoms with Gasteiger partial charge in [-0.05, 0) is 37.3 Å². The molecule has 0 saturated carbocycles. The average Bonchev–Trinajstić information content (AvgIpc) is 2.68. The number of fused-ring (bicyclic) bond motifs is 1. The molecule has 2 heterocycles. The lowest BCUT2D eigenvalue weighted by Gasteiger charge is -2.08. The molecule has 0 fully saturated rings. The fourth-order valence-corrected chi connectivity index (χ4v) is 2.49. The highest BCUT2D eigenvalue weighted by Crippen LogP contribution is 2.25. The summed E-state index contributed by atoms with van der Waals surface area (Å²) in [6.07, 6.45) is 8.57. The molecule has 5 nitrogen and oxygen atoms in total. The van der Waals surface area contributed by atoms with Crippen molar-refractivity contribution in [3.63, 3.8) is 0 Å². The van der Waals surface area contributed by atoms with Crippen molar-refractivity contribution < 1.29 is 4.74 Å². The van der Waals surface area contributed by atoms with E-state index in [9.17, 15) is 0 Å². The second-order valence-corrected chi connectivity index (χ2v) is 5.69. The number of allylic oxidation sites excluding steroid dienone is 4. The van der Waals surface area contributed by atoms with Crippen molar-refractivity contribution in [2.75, 3.05) is 5.32 Å². The van der Waals surface area contributed by atoms with Gasteiger partial charge >= 0.3 is 0 Å². The number of aromatic nitrogens is 3. The van der Waals surface area contributed by atoms with Gasteiger partial charge in [0.15, 0.2) is 0 Å². The van der Waals surface area contributed by atoms with Gasteiger partial charge in [-0.15, -0.1) is 0 Å². The van der Waals surface area contributed by atoms with E-state index in [4.69, 9.17) is 4.74 Å². The number of rotatable bonds is 7. The van der Waals surface area contributed by atoms with E-state index in [1.807, 2.05) is 49.4 Å². The van der Waals surface area contributed by atoms with Crippen LogP contribution in [0.1, 0.15) is 6.92 Å². The predicted molar refractivity (Wildman–Crippen MR) is 110 cm³/mol. The van der Waals surface area contributed by atoms with Crippen LogP contribution in [-0.4, -0.2) is 15.0 Å². The van der Waals surface area contributed by atoms with E-state index in [-0.39, 0.29) is 0 Å². The Bertz CT molecular complexity index is 1020. The summed E-state index contributed by atoms with van der Waals surface area (Å²) in [4.78, 5) is 13.6. The Morgan fingerprint density at radius 2 is 1.93 bits per heavy atom. The van der Waals surface area contributed by atoms with Gasteiger partial charge < -0.3 is 10.1 Å². The van der Waals surface area contributed by atoms with Crippen LogP contribution in [0, 0.1) is 0 Å². The number of nitrogens with one attached hydrogen (secondary N) is 1. The van der Waals surface area contributed by atoms with Crippen LogP contribution < -0.4 is 5.32 Å². The molecule has 5 heteroatoms. The van der Waals surface area contributed by atoms with Crippen LogP contribution in [0.3, 0.4) is 0 Å². The number of anilines is 1. The normalized spacial score (nSPS) is 11.5. The van der Waals surface area contributed by atoms with Gasteiger partial charge in [0.25, 0.3) is 0 Å². The first-order valence-electron chi connectivity index (χ1n) is 8.45. The first-order chi connectivity index (χ1) is 13.2. The van der Waals surface area contributed by atoms with E-state index in [1.165, 1.54) is 0 Å². The summed E-state index contributed by atoms with van der Waals surface area (Å²) >= 11 is 0. The number of nitrogens with zero attached hydrogens (tertiary/aromatic N) is 3. The molecule has 27 heavy (non-hydrogen) atoms. The van der Waals surface area contributed by atoms with Crippen molar-refractivity contribution >= 4 is 16.9 Å². The Kier molecular flexibility index (Phi) is 5.74. The second-order valence-electron chi connectivity index (χ2n) is 5.69. The minimum Gasteiger partial charge on any atom is -0.463 e. The standard InChI is InChI=1S/C22H20N4O/c1-4-9-16(2)27-17(3)13-15-24-22-25-19-11-6-5-10-18(19)21(26-22)20-12-7-8-14-23-20/h4-15H,1,3H2,2H3,(H,24,25,26)/b15-13+,16-9+. The predicted octanol–water partition coefficient (Wildman–Crippen LogP) is 5.24. The molecule has 0 aliphatic heterocycles. The SMILES string of the molecule is C=C/C=C(\C)OC(=C)/C=C/Nc1nc(-c2ccccn2)c2ccccc2n1. The highest BCUT2D eigenvalue weighted by atomic mass is 16.5. The minimum absolute atomic E-state index is 0.469. The van der Waals surface area contributed by atoms with E-state index < -0.39 is 0 Å². The quantitative estimate of drug-likeness (QED) is 0.463. The van der Waals surface area contributed by atoms with Gasteiger partial charge in [-0.2, -0.15) is 0 Å². The molecule has 134 valence electrons. The third kappa shape index (κ3) is 4.67. The lowest BCUT2D eigenvalue weighted by atomic mass is 10.1. The summed E-state index contributed by atoms with van der Waals surface area (Å²) in [6.45, 7) is 9.31. The Balaban J connectivity index is 1.85. The van der Waals surface area contributed by atoms with Crippen molar-refractivity contribution in [1.29, 1.82) is 0 Å². The van der Waals surface area contributed by atoms with Crippen molar-refractivity contribution in [3.05, 3.63) is 97.8 Å². The molecule has 0 spiro atoms. The Morgan fingerprint density at radius 3 is 2.70 bits per heavy atom. The highest BCUT2D eigenvalue weighted by Gasteiger charge is 2.09. The monoisotopic (exact) mass is 356 g/mol. The van der Waals surface area contributed by atoms with Crippen LogP contribution in [-0.2, 0) is 4.74 Å². The van der Waals surface area contributed by atoms with Crippen molar-refractivity contribution in [2.24, 2.45) is 0 Å². The zero-order valence-corrected chi connectivity index (χ0v) is 15.1. The summed E-state index contributed by atoms with van der Waals surface area (Å²) in [5, 5.41) is 4.02. The topological polar surface area (TPSA) is 59.9 Å². The van der Waals surface area contributed by atoms with E-state index >= 15 is 0 Å². The third-order valence-electron chi connectivity index (χ3n) is 3.64. The number of pyridine rings is 1. The number of benzene rings is 1. The molecule has 0 bridgehead atoms.